The number of hydrogen-bond acceptors (Lipinski definition) is 7. The second-order valence-electron chi connectivity index (χ2n) is 10.6. The van der Waals surface area contributed by atoms with Crippen molar-refractivity contribution in [2.75, 3.05) is 22.1 Å². The summed E-state index contributed by atoms with van der Waals surface area (Å²) in [6.45, 7) is 3.25. The molecule has 3 heterocycles. The van der Waals surface area contributed by atoms with Gasteiger partial charge in [0, 0.05) is 48.2 Å². The van der Waals surface area contributed by atoms with E-state index >= 15 is 0 Å². The first-order valence-electron chi connectivity index (χ1n) is 13.3. The average Bonchev–Trinajstić information content (AvgIpc) is 3.72. The van der Waals surface area contributed by atoms with E-state index in [1.165, 1.54) is 12.1 Å². The van der Waals surface area contributed by atoms with Crippen molar-refractivity contribution >= 4 is 28.9 Å². The van der Waals surface area contributed by atoms with E-state index in [9.17, 15) is 18.0 Å². The van der Waals surface area contributed by atoms with Crippen molar-refractivity contribution in [2.45, 2.75) is 44.4 Å². The van der Waals surface area contributed by atoms with Crippen LogP contribution in [0.15, 0.2) is 67.0 Å². The summed E-state index contributed by atoms with van der Waals surface area (Å²) in [6, 6.07) is 13.7. The summed E-state index contributed by atoms with van der Waals surface area (Å²) in [5, 5.41) is 5.94. The lowest BCUT2D eigenvalue weighted by Crippen LogP contribution is -2.32. The van der Waals surface area contributed by atoms with Gasteiger partial charge < -0.3 is 21.3 Å². The third-order valence-corrected chi connectivity index (χ3v) is 7.51. The van der Waals surface area contributed by atoms with Gasteiger partial charge in [0.2, 0.25) is 5.95 Å². The lowest BCUT2D eigenvalue weighted by molar-refractivity contribution is -0.137. The number of amides is 1. The fraction of sp³-hybridized carbons (Fsp3) is 0.267. The van der Waals surface area contributed by atoms with Crippen LogP contribution in [0.25, 0.3) is 0 Å². The van der Waals surface area contributed by atoms with Gasteiger partial charge in [0.1, 0.15) is 0 Å². The molecular formula is C30H28F3N7O. The number of nitrogens with one attached hydrogen (secondary N) is 2. The van der Waals surface area contributed by atoms with Crippen LogP contribution in [-0.4, -0.2) is 27.4 Å². The van der Waals surface area contributed by atoms with Crippen LogP contribution in [-0.2, 0) is 24.7 Å². The maximum absolute atomic E-state index is 13.1. The average molecular weight is 560 g/mol. The number of aryl methyl sites for hydroxylation is 1. The first-order valence-corrected chi connectivity index (χ1v) is 13.3. The Morgan fingerprint density at radius 3 is 2.56 bits per heavy atom. The van der Waals surface area contributed by atoms with E-state index in [1.54, 1.807) is 12.3 Å². The predicted octanol–water partition coefficient (Wildman–Crippen LogP) is 5.71. The summed E-state index contributed by atoms with van der Waals surface area (Å²) in [4.78, 5) is 28.6. The van der Waals surface area contributed by atoms with E-state index in [4.69, 9.17) is 10.7 Å². The topological polar surface area (TPSA) is 109 Å². The highest BCUT2D eigenvalue weighted by Gasteiger charge is 2.41. The molecule has 0 bridgehead atoms. The quantitative estimate of drug-likeness (QED) is 0.278. The number of alkyl halides is 3. The number of carbonyl (C=O) groups excluding carboxylic acids is 1. The van der Waals surface area contributed by atoms with E-state index in [0.717, 1.165) is 58.9 Å². The second kappa shape index (κ2) is 10.2. The fourth-order valence-electron chi connectivity index (χ4n) is 4.93. The number of nitrogens with zero attached hydrogens (tertiary/aromatic N) is 4. The smallest absolute Gasteiger partial charge is 0.366 e. The Bertz CT molecular complexity index is 1620. The Morgan fingerprint density at radius 1 is 1.02 bits per heavy atom. The van der Waals surface area contributed by atoms with E-state index in [1.807, 2.05) is 37.4 Å². The molecule has 11 heteroatoms. The molecule has 1 aliphatic heterocycles. The van der Waals surface area contributed by atoms with Gasteiger partial charge in [-0.1, -0.05) is 12.1 Å². The molecule has 0 saturated heterocycles. The molecule has 8 nitrogen and oxygen atoms in total. The summed E-state index contributed by atoms with van der Waals surface area (Å²) in [5.41, 5.74) is 11.1. The fourth-order valence-corrected chi connectivity index (χ4v) is 4.93. The first-order chi connectivity index (χ1) is 19.6. The third kappa shape index (κ3) is 5.71. The number of fused-ring (bicyclic) bond motifs is 1. The normalized spacial score (nSPS) is 15.7. The van der Waals surface area contributed by atoms with Crippen LogP contribution < -0.4 is 21.3 Å². The number of nitrogens with two attached hydrogens (primary N) is 1. The third-order valence-electron chi connectivity index (χ3n) is 7.51. The number of aromatic nitrogens is 3. The van der Waals surface area contributed by atoms with Gasteiger partial charge in [0.25, 0.3) is 5.91 Å². The van der Waals surface area contributed by atoms with Crippen LogP contribution in [0.2, 0.25) is 0 Å². The molecule has 210 valence electrons. The summed E-state index contributed by atoms with van der Waals surface area (Å²) in [6.07, 6.45) is 1.64. The summed E-state index contributed by atoms with van der Waals surface area (Å²) < 4.78 is 39.2. The largest absolute Gasteiger partial charge is 0.416 e. The van der Waals surface area contributed by atoms with Gasteiger partial charge in [0.15, 0.2) is 0 Å². The molecule has 1 aliphatic carbocycles. The molecule has 1 fully saturated rings. The van der Waals surface area contributed by atoms with Crippen LogP contribution in [0.5, 0.6) is 0 Å². The van der Waals surface area contributed by atoms with Gasteiger partial charge in [-0.15, -0.1) is 0 Å². The van der Waals surface area contributed by atoms with Gasteiger partial charge in [-0.25, -0.2) is 9.97 Å². The zero-order valence-corrected chi connectivity index (χ0v) is 22.3. The highest BCUT2D eigenvalue weighted by molar-refractivity contribution is 6.04. The zero-order valence-electron chi connectivity index (χ0n) is 22.3. The highest BCUT2D eigenvalue weighted by atomic mass is 19.4. The van der Waals surface area contributed by atoms with Crippen molar-refractivity contribution < 1.29 is 18.0 Å². The number of pyridine rings is 1. The molecule has 41 heavy (non-hydrogen) atoms. The van der Waals surface area contributed by atoms with Gasteiger partial charge in [-0.2, -0.15) is 13.2 Å². The van der Waals surface area contributed by atoms with Crippen LogP contribution in [0.3, 0.4) is 0 Å². The molecule has 1 amide bonds. The van der Waals surface area contributed by atoms with E-state index < -0.39 is 17.6 Å². The molecule has 2 aliphatic rings. The van der Waals surface area contributed by atoms with Gasteiger partial charge in [-0.3, -0.25) is 9.78 Å². The summed E-state index contributed by atoms with van der Waals surface area (Å²) in [5.74, 6) is -0.112. The Labute approximate surface area is 234 Å². The maximum atomic E-state index is 13.1. The summed E-state index contributed by atoms with van der Waals surface area (Å²) >= 11 is 0. The predicted molar refractivity (Wildman–Crippen MR) is 150 cm³/mol. The second-order valence-corrected chi connectivity index (χ2v) is 10.6. The molecule has 2 aromatic carbocycles. The molecule has 1 saturated carbocycles. The lowest BCUT2D eigenvalue weighted by atomic mass is 10.0. The standard InChI is InChI=1S/C30H28F3N7O/c1-18-5-6-22(37-27(41)19-3-2-4-21(13-19)30(31,32)33)14-25(18)40-12-9-24-20(17-40)15-36-28(39-24)38-23-7-8-26(35-16-23)29(34)10-11-29/h2-8,13-16H,9-12,17,34H2,1H3,(H,37,41)(H,36,38,39). The van der Waals surface area contributed by atoms with E-state index in [0.29, 0.717) is 31.1 Å². The van der Waals surface area contributed by atoms with Crippen molar-refractivity contribution in [3.05, 3.63) is 101 Å². The number of anilines is 4. The molecule has 0 radical (unpaired) electrons. The number of carbonyl (C=O) groups is 1. The maximum Gasteiger partial charge on any atom is 0.416 e. The van der Waals surface area contributed by atoms with E-state index in [2.05, 4.69) is 25.5 Å². The van der Waals surface area contributed by atoms with Crippen molar-refractivity contribution in [1.29, 1.82) is 0 Å². The van der Waals surface area contributed by atoms with Crippen molar-refractivity contribution in [3.63, 3.8) is 0 Å². The molecule has 0 unspecified atom stereocenters. The molecule has 2 aromatic heterocycles. The van der Waals surface area contributed by atoms with Crippen LogP contribution in [0, 0.1) is 6.92 Å². The van der Waals surface area contributed by atoms with Crippen LogP contribution in [0.4, 0.5) is 36.2 Å². The Kier molecular flexibility index (Phi) is 6.61. The monoisotopic (exact) mass is 559 g/mol. The SMILES string of the molecule is Cc1ccc(NC(=O)c2cccc(C(F)(F)F)c2)cc1N1CCc2nc(Nc3ccc(C4(N)CC4)nc3)ncc2C1. The number of halogens is 3. The summed E-state index contributed by atoms with van der Waals surface area (Å²) in [7, 11) is 0. The van der Waals surface area contributed by atoms with Gasteiger partial charge in [0.05, 0.1) is 34.4 Å². The van der Waals surface area contributed by atoms with Crippen LogP contribution >= 0.6 is 0 Å². The molecule has 4 N–H and O–H groups in total. The van der Waals surface area contributed by atoms with Crippen molar-refractivity contribution in [2.24, 2.45) is 5.73 Å². The minimum absolute atomic E-state index is 0.0617. The van der Waals surface area contributed by atoms with Crippen molar-refractivity contribution in [1.82, 2.24) is 15.0 Å². The molecule has 0 spiro atoms. The van der Waals surface area contributed by atoms with Crippen LogP contribution in [0.1, 0.15) is 51.3 Å². The molecular weight excluding hydrogens is 531 g/mol. The Hall–Kier alpha value is -4.51. The minimum atomic E-state index is -4.52. The zero-order chi connectivity index (χ0) is 28.8. The van der Waals surface area contributed by atoms with Gasteiger partial charge >= 0.3 is 6.18 Å². The number of hydrogen-bond donors (Lipinski definition) is 3. The Balaban J connectivity index is 1.14. The molecule has 6 rings (SSSR count). The van der Waals surface area contributed by atoms with Gasteiger partial charge in [-0.05, 0) is 67.8 Å². The Morgan fingerprint density at radius 2 is 1.83 bits per heavy atom. The van der Waals surface area contributed by atoms with E-state index in [-0.39, 0.29) is 11.1 Å². The first kappa shape index (κ1) is 26.7. The molecule has 0 atom stereocenters. The number of benzene rings is 2. The minimum Gasteiger partial charge on any atom is -0.366 e. The highest BCUT2D eigenvalue weighted by Crippen LogP contribution is 2.41. The number of rotatable bonds is 6. The lowest BCUT2D eigenvalue weighted by Gasteiger charge is -2.31. The molecule has 4 aromatic rings. The van der Waals surface area contributed by atoms with Crippen molar-refractivity contribution in [3.8, 4) is 0 Å².